The van der Waals surface area contributed by atoms with E-state index in [1.54, 1.807) is 6.92 Å². The largest absolute Gasteiger partial charge is 0.388 e. The first-order valence-electron chi connectivity index (χ1n) is 6.45. The Labute approximate surface area is 113 Å². The van der Waals surface area contributed by atoms with Gasteiger partial charge in [0.15, 0.2) is 11.5 Å². The molecule has 0 saturated heterocycles. The average Bonchev–Trinajstić information content (AvgIpc) is 2.70. The Hall–Kier alpha value is -1.40. The van der Waals surface area contributed by atoms with Crippen LogP contribution in [0.4, 0.5) is 0 Å². The van der Waals surface area contributed by atoms with E-state index in [4.69, 9.17) is 9.63 Å². The molecule has 0 bridgehead atoms. The van der Waals surface area contributed by atoms with E-state index in [0.717, 1.165) is 6.54 Å². The number of carbonyl (C=O) groups excluding carboxylic acids is 1. The van der Waals surface area contributed by atoms with E-state index in [1.165, 1.54) is 0 Å². The van der Waals surface area contributed by atoms with Crippen molar-refractivity contribution in [3.63, 3.8) is 0 Å². The monoisotopic (exact) mass is 269 g/mol. The maximum absolute atomic E-state index is 12.1. The van der Waals surface area contributed by atoms with Crippen molar-refractivity contribution < 1.29 is 14.4 Å². The van der Waals surface area contributed by atoms with Crippen molar-refractivity contribution >= 4 is 5.91 Å². The average molecular weight is 269 g/mol. The van der Waals surface area contributed by atoms with Gasteiger partial charge in [-0.25, -0.2) is 0 Å². The molecular weight excluding hydrogens is 246 g/mol. The first kappa shape index (κ1) is 15.7. The van der Waals surface area contributed by atoms with Crippen LogP contribution in [0.15, 0.2) is 4.52 Å². The van der Waals surface area contributed by atoms with Crippen LogP contribution in [0.5, 0.6) is 0 Å². The molecule has 0 aliphatic rings. The third-order valence-corrected chi connectivity index (χ3v) is 3.44. The first-order valence-corrected chi connectivity index (χ1v) is 6.45. The van der Waals surface area contributed by atoms with Gasteiger partial charge < -0.3 is 20.3 Å². The molecule has 0 aromatic carbocycles. The standard InChI is InChI=1S/C13H23N3O3/c1-6-14-13(4,5)9(3)15-12(18)11-8(2)10(7-17)19-16-11/h9,14,17H,6-7H2,1-5H3,(H,15,18). The van der Waals surface area contributed by atoms with Gasteiger partial charge in [-0.2, -0.15) is 0 Å². The van der Waals surface area contributed by atoms with Crippen LogP contribution in [0.1, 0.15) is 49.5 Å². The molecule has 1 aromatic heterocycles. The van der Waals surface area contributed by atoms with Crippen molar-refractivity contribution in [2.24, 2.45) is 0 Å². The topological polar surface area (TPSA) is 87.4 Å². The molecule has 0 fully saturated rings. The second-order valence-electron chi connectivity index (χ2n) is 5.18. The van der Waals surface area contributed by atoms with Crippen molar-refractivity contribution in [2.75, 3.05) is 6.54 Å². The molecule has 0 saturated carbocycles. The van der Waals surface area contributed by atoms with E-state index in [0.29, 0.717) is 11.3 Å². The van der Waals surface area contributed by atoms with Gasteiger partial charge in [0, 0.05) is 17.1 Å². The number of nitrogens with zero attached hydrogens (tertiary/aromatic N) is 1. The number of amides is 1. The minimum Gasteiger partial charge on any atom is -0.388 e. The molecule has 1 unspecified atom stereocenters. The highest BCUT2D eigenvalue weighted by Crippen LogP contribution is 2.14. The number of hydrogen-bond donors (Lipinski definition) is 3. The maximum Gasteiger partial charge on any atom is 0.274 e. The quantitative estimate of drug-likeness (QED) is 0.716. The summed E-state index contributed by atoms with van der Waals surface area (Å²) in [4.78, 5) is 12.1. The molecule has 6 nitrogen and oxygen atoms in total. The van der Waals surface area contributed by atoms with E-state index in [1.807, 2.05) is 27.7 Å². The van der Waals surface area contributed by atoms with Crippen LogP contribution in [0.3, 0.4) is 0 Å². The Balaban J connectivity index is 2.77. The Morgan fingerprint density at radius 3 is 2.63 bits per heavy atom. The minimum absolute atomic E-state index is 0.0753. The highest BCUT2D eigenvalue weighted by atomic mass is 16.5. The van der Waals surface area contributed by atoms with Gasteiger partial charge in [-0.3, -0.25) is 4.79 Å². The summed E-state index contributed by atoms with van der Waals surface area (Å²) in [5, 5.41) is 18.9. The predicted molar refractivity (Wildman–Crippen MR) is 71.8 cm³/mol. The van der Waals surface area contributed by atoms with Gasteiger partial charge in [0.25, 0.3) is 5.91 Å². The van der Waals surface area contributed by atoms with Crippen LogP contribution >= 0.6 is 0 Å². The normalized spacial score (nSPS) is 13.4. The summed E-state index contributed by atoms with van der Waals surface area (Å²) in [6, 6.07) is -0.0753. The number of carbonyl (C=O) groups is 1. The SMILES string of the molecule is CCNC(C)(C)C(C)NC(=O)c1noc(CO)c1C. The van der Waals surface area contributed by atoms with Crippen molar-refractivity contribution in [1.29, 1.82) is 0 Å². The van der Waals surface area contributed by atoms with E-state index in [9.17, 15) is 4.79 Å². The minimum atomic E-state index is -0.292. The molecule has 108 valence electrons. The van der Waals surface area contributed by atoms with Gasteiger partial charge in [0.05, 0.1) is 0 Å². The molecule has 0 radical (unpaired) electrons. The van der Waals surface area contributed by atoms with Crippen LogP contribution < -0.4 is 10.6 Å². The van der Waals surface area contributed by atoms with Crippen LogP contribution in [-0.4, -0.2) is 34.3 Å². The molecule has 0 aliphatic heterocycles. The zero-order chi connectivity index (χ0) is 14.6. The zero-order valence-electron chi connectivity index (χ0n) is 12.2. The van der Waals surface area contributed by atoms with Gasteiger partial charge in [-0.15, -0.1) is 0 Å². The number of rotatable bonds is 6. The lowest BCUT2D eigenvalue weighted by Gasteiger charge is -2.33. The fourth-order valence-electron chi connectivity index (χ4n) is 1.78. The van der Waals surface area contributed by atoms with Gasteiger partial charge in [0.1, 0.15) is 6.61 Å². The van der Waals surface area contributed by atoms with Crippen LogP contribution in [0, 0.1) is 6.92 Å². The summed E-state index contributed by atoms with van der Waals surface area (Å²) in [7, 11) is 0. The van der Waals surface area contributed by atoms with E-state index in [2.05, 4.69) is 15.8 Å². The van der Waals surface area contributed by atoms with Gasteiger partial charge in [0.2, 0.25) is 0 Å². The Morgan fingerprint density at radius 1 is 1.53 bits per heavy atom. The Morgan fingerprint density at radius 2 is 2.16 bits per heavy atom. The van der Waals surface area contributed by atoms with E-state index in [-0.39, 0.29) is 29.8 Å². The molecule has 1 atom stereocenters. The molecule has 1 heterocycles. The first-order chi connectivity index (χ1) is 8.83. The predicted octanol–water partition coefficient (Wildman–Crippen LogP) is 0.982. The van der Waals surface area contributed by atoms with Crippen molar-refractivity contribution in [3.05, 3.63) is 17.0 Å². The number of nitrogens with one attached hydrogen (secondary N) is 2. The van der Waals surface area contributed by atoms with Crippen molar-refractivity contribution in [2.45, 2.75) is 52.8 Å². The second-order valence-corrected chi connectivity index (χ2v) is 5.18. The molecule has 1 rings (SSSR count). The lowest BCUT2D eigenvalue weighted by Crippen LogP contribution is -2.55. The van der Waals surface area contributed by atoms with Crippen molar-refractivity contribution in [3.8, 4) is 0 Å². The number of aromatic nitrogens is 1. The van der Waals surface area contributed by atoms with Gasteiger partial charge in [-0.05, 0) is 34.2 Å². The third-order valence-electron chi connectivity index (χ3n) is 3.44. The highest BCUT2D eigenvalue weighted by molar-refractivity contribution is 5.93. The van der Waals surface area contributed by atoms with Gasteiger partial charge >= 0.3 is 0 Å². The van der Waals surface area contributed by atoms with Gasteiger partial charge in [-0.1, -0.05) is 12.1 Å². The van der Waals surface area contributed by atoms with E-state index < -0.39 is 0 Å². The summed E-state index contributed by atoms with van der Waals surface area (Å²) in [6.45, 7) is 10.3. The Bertz CT molecular complexity index is 440. The highest BCUT2D eigenvalue weighted by Gasteiger charge is 2.28. The molecule has 19 heavy (non-hydrogen) atoms. The zero-order valence-corrected chi connectivity index (χ0v) is 12.2. The van der Waals surface area contributed by atoms with Crippen molar-refractivity contribution in [1.82, 2.24) is 15.8 Å². The fraction of sp³-hybridized carbons (Fsp3) is 0.692. The summed E-state index contributed by atoms with van der Waals surface area (Å²) >= 11 is 0. The summed E-state index contributed by atoms with van der Waals surface area (Å²) in [6.07, 6.45) is 0. The number of aliphatic hydroxyl groups excluding tert-OH is 1. The molecule has 3 N–H and O–H groups in total. The molecule has 6 heteroatoms. The third kappa shape index (κ3) is 3.54. The second kappa shape index (κ2) is 6.16. The Kier molecular flexibility index (Phi) is 5.08. The van der Waals surface area contributed by atoms with Crippen LogP contribution in [0.2, 0.25) is 0 Å². The smallest absolute Gasteiger partial charge is 0.274 e. The van der Waals surface area contributed by atoms with E-state index >= 15 is 0 Å². The fourth-order valence-corrected chi connectivity index (χ4v) is 1.78. The molecule has 0 aliphatic carbocycles. The maximum atomic E-state index is 12.1. The molecule has 0 spiro atoms. The van der Waals surface area contributed by atoms with Crippen LogP contribution in [0.25, 0.3) is 0 Å². The summed E-state index contributed by atoms with van der Waals surface area (Å²) < 4.78 is 4.90. The number of aliphatic hydroxyl groups is 1. The lowest BCUT2D eigenvalue weighted by molar-refractivity contribution is 0.0907. The molecule has 1 aromatic rings. The summed E-state index contributed by atoms with van der Waals surface area (Å²) in [5.41, 5.74) is 0.582. The molecule has 1 amide bonds. The summed E-state index contributed by atoms with van der Waals surface area (Å²) in [5.74, 6) is 0.0307. The molecular formula is C13H23N3O3. The number of hydrogen-bond acceptors (Lipinski definition) is 5. The van der Waals surface area contributed by atoms with Crippen LogP contribution in [-0.2, 0) is 6.61 Å². The lowest BCUT2D eigenvalue weighted by atomic mass is 9.95. The number of likely N-dealkylation sites (N-methyl/N-ethyl adjacent to an activating group) is 1.